The number of nitrogens with one attached hydrogen (secondary N) is 2. The van der Waals surface area contributed by atoms with Crippen LogP contribution in [0.1, 0.15) is 51.4 Å². The average Bonchev–Trinajstić information content (AvgIpc) is 2.47. The van der Waals surface area contributed by atoms with Crippen molar-refractivity contribution in [3.63, 3.8) is 0 Å². The average molecular weight is 267 g/mol. The monoisotopic (exact) mass is 267 g/mol. The third-order valence-electron chi connectivity index (χ3n) is 4.59. The number of hydrogen-bond donors (Lipinski definition) is 2. The van der Waals surface area contributed by atoms with Crippen molar-refractivity contribution >= 4 is 5.91 Å². The van der Waals surface area contributed by atoms with E-state index in [2.05, 4.69) is 15.5 Å². The Kier molecular flexibility index (Phi) is 6.11. The van der Waals surface area contributed by atoms with Crippen molar-refractivity contribution in [2.75, 3.05) is 26.7 Å². The molecule has 2 fully saturated rings. The van der Waals surface area contributed by atoms with E-state index in [-0.39, 0.29) is 5.91 Å². The number of likely N-dealkylation sites (tertiary alicyclic amines) is 1. The van der Waals surface area contributed by atoms with Gasteiger partial charge in [0.1, 0.15) is 0 Å². The van der Waals surface area contributed by atoms with Gasteiger partial charge in [-0.25, -0.2) is 0 Å². The second-order valence-corrected chi connectivity index (χ2v) is 6.02. The van der Waals surface area contributed by atoms with Gasteiger partial charge in [-0.15, -0.1) is 0 Å². The highest BCUT2D eigenvalue weighted by molar-refractivity contribution is 5.76. The maximum atomic E-state index is 11.7. The van der Waals surface area contributed by atoms with Crippen LogP contribution < -0.4 is 10.6 Å². The van der Waals surface area contributed by atoms with Gasteiger partial charge in [0.15, 0.2) is 0 Å². The molecule has 1 saturated carbocycles. The van der Waals surface area contributed by atoms with Crippen molar-refractivity contribution in [2.45, 2.75) is 63.5 Å². The molecule has 2 aliphatic rings. The van der Waals surface area contributed by atoms with Crippen LogP contribution in [0.3, 0.4) is 0 Å². The molecular formula is C15H29N3O. The highest BCUT2D eigenvalue weighted by Crippen LogP contribution is 2.25. The van der Waals surface area contributed by atoms with Gasteiger partial charge in [0, 0.05) is 38.1 Å². The number of carbonyl (C=O) groups excluding carboxylic acids is 1. The smallest absolute Gasteiger partial charge is 0.221 e. The molecule has 0 atom stereocenters. The lowest BCUT2D eigenvalue weighted by Crippen LogP contribution is -2.48. The van der Waals surface area contributed by atoms with E-state index in [1.54, 1.807) is 0 Å². The van der Waals surface area contributed by atoms with Crippen LogP contribution in [0.4, 0.5) is 0 Å². The summed E-state index contributed by atoms with van der Waals surface area (Å²) in [7, 11) is 1.88. The molecule has 19 heavy (non-hydrogen) atoms. The van der Waals surface area contributed by atoms with Crippen LogP contribution in [0, 0.1) is 0 Å². The number of carbonyl (C=O) groups is 1. The quantitative estimate of drug-likeness (QED) is 0.793. The zero-order valence-electron chi connectivity index (χ0n) is 12.3. The van der Waals surface area contributed by atoms with E-state index in [4.69, 9.17) is 0 Å². The number of piperidine rings is 1. The van der Waals surface area contributed by atoms with Crippen LogP contribution in [0.2, 0.25) is 0 Å². The third-order valence-corrected chi connectivity index (χ3v) is 4.59. The normalized spacial score (nSPS) is 23.4. The number of nitrogens with zero attached hydrogens (tertiary/aromatic N) is 1. The molecule has 0 aromatic rings. The van der Waals surface area contributed by atoms with Gasteiger partial charge in [-0.05, 0) is 32.7 Å². The summed E-state index contributed by atoms with van der Waals surface area (Å²) in [4.78, 5) is 14.4. The maximum absolute atomic E-state index is 11.7. The maximum Gasteiger partial charge on any atom is 0.221 e. The summed E-state index contributed by atoms with van der Waals surface area (Å²) in [6, 6.07) is 1.24. The Morgan fingerprint density at radius 2 is 1.79 bits per heavy atom. The lowest BCUT2D eigenvalue weighted by atomic mass is 9.92. The SMILES string of the molecule is CNCCC(=O)NC1CCN(C2CCCCC2)CC1. The van der Waals surface area contributed by atoms with Crippen molar-refractivity contribution < 1.29 is 4.79 Å². The molecule has 0 unspecified atom stereocenters. The van der Waals surface area contributed by atoms with Crippen molar-refractivity contribution in [1.82, 2.24) is 15.5 Å². The molecule has 2 rings (SSSR count). The molecule has 110 valence electrons. The predicted molar refractivity (Wildman–Crippen MR) is 78.2 cm³/mol. The van der Waals surface area contributed by atoms with Gasteiger partial charge < -0.3 is 15.5 Å². The van der Waals surface area contributed by atoms with Crippen molar-refractivity contribution in [2.24, 2.45) is 0 Å². The Morgan fingerprint density at radius 1 is 1.11 bits per heavy atom. The van der Waals surface area contributed by atoms with Crippen LogP contribution in [-0.2, 0) is 4.79 Å². The molecule has 0 aromatic carbocycles. The minimum absolute atomic E-state index is 0.200. The van der Waals surface area contributed by atoms with E-state index in [1.165, 1.54) is 45.2 Å². The summed E-state index contributed by atoms with van der Waals surface area (Å²) in [6.07, 6.45) is 9.87. The van der Waals surface area contributed by atoms with Gasteiger partial charge in [0.05, 0.1) is 0 Å². The zero-order valence-corrected chi connectivity index (χ0v) is 12.3. The first-order valence-corrected chi connectivity index (χ1v) is 7.97. The van der Waals surface area contributed by atoms with E-state index in [0.717, 1.165) is 25.4 Å². The van der Waals surface area contributed by atoms with Crippen molar-refractivity contribution in [3.05, 3.63) is 0 Å². The minimum atomic E-state index is 0.200. The second kappa shape index (κ2) is 7.85. The van der Waals surface area contributed by atoms with E-state index in [0.29, 0.717) is 12.5 Å². The van der Waals surface area contributed by atoms with Gasteiger partial charge in [-0.3, -0.25) is 4.79 Å². The summed E-state index contributed by atoms with van der Waals surface area (Å²) in [5.74, 6) is 0.200. The molecule has 2 N–H and O–H groups in total. The molecule has 0 aromatic heterocycles. The summed E-state index contributed by atoms with van der Waals surface area (Å²) >= 11 is 0. The van der Waals surface area contributed by atoms with Crippen LogP contribution in [-0.4, -0.2) is 49.6 Å². The van der Waals surface area contributed by atoms with E-state index < -0.39 is 0 Å². The molecule has 1 saturated heterocycles. The van der Waals surface area contributed by atoms with Crippen LogP contribution >= 0.6 is 0 Å². The molecule has 4 heteroatoms. The van der Waals surface area contributed by atoms with Gasteiger partial charge in [-0.2, -0.15) is 0 Å². The van der Waals surface area contributed by atoms with Crippen LogP contribution in [0.5, 0.6) is 0 Å². The molecule has 1 aliphatic heterocycles. The van der Waals surface area contributed by atoms with Crippen LogP contribution in [0.15, 0.2) is 0 Å². The van der Waals surface area contributed by atoms with Gasteiger partial charge in [-0.1, -0.05) is 19.3 Å². The molecular weight excluding hydrogens is 238 g/mol. The molecule has 1 aliphatic carbocycles. The molecule has 1 heterocycles. The third kappa shape index (κ3) is 4.77. The highest BCUT2D eigenvalue weighted by atomic mass is 16.1. The number of hydrogen-bond acceptors (Lipinski definition) is 3. The summed E-state index contributed by atoms with van der Waals surface area (Å²) in [5.41, 5.74) is 0. The first-order valence-electron chi connectivity index (χ1n) is 7.97. The number of amides is 1. The second-order valence-electron chi connectivity index (χ2n) is 6.02. The summed E-state index contributed by atoms with van der Waals surface area (Å²) < 4.78 is 0. The van der Waals surface area contributed by atoms with Crippen molar-refractivity contribution in [3.8, 4) is 0 Å². The van der Waals surface area contributed by atoms with Gasteiger partial charge in [0.25, 0.3) is 0 Å². The molecule has 0 spiro atoms. The van der Waals surface area contributed by atoms with Crippen molar-refractivity contribution in [1.29, 1.82) is 0 Å². The topological polar surface area (TPSA) is 44.4 Å². The Hall–Kier alpha value is -0.610. The van der Waals surface area contributed by atoms with E-state index in [1.807, 2.05) is 7.05 Å². The molecule has 1 amide bonds. The standard InChI is InChI=1S/C15H29N3O/c1-16-10-7-15(19)17-13-8-11-18(12-9-13)14-5-3-2-4-6-14/h13-14,16H,2-12H2,1H3,(H,17,19). The predicted octanol–water partition coefficient (Wildman–Crippen LogP) is 1.51. The highest BCUT2D eigenvalue weighted by Gasteiger charge is 2.26. The first-order chi connectivity index (χ1) is 9.29. The van der Waals surface area contributed by atoms with Crippen LogP contribution in [0.25, 0.3) is 0 Å². The molecule has 4 nitrogen and oxygen atoms in total. The zero-order chi connectivity index (χ0) is 13.5. The van der Waals surface area contributed by atoms with Gasteiger partial charge >= 0.3 is 0 Å². The summed E-state index contributed by atoms with van der Waals surface area (Å²) in [6.45, 7) is 3.11. The largest absolute Gasteiger partial charge is 0.353 e. The number of rotatable bonds is 5. The Morgan fingerprint density at radius 3 is 2.42 bits per heavy atom. The summed E-state index contributed by atoms with van der Waals surface area (Å²) in [5, 5.41) is 6.19. The lowest BCUT2D eigenvalue weighted by Gasteiger charge is -2.39. The lowest BCUT2D eigenvalue weighted by molar-refractivity contribution is -0.122. The Balaban J connectivity index is 1.65. The Labute approximate surface area is 117 Å². The van der Waals surface area contributed by atoms with E-state index in [9.17, 15) is 4.79 Å². The van der Waals surface area contributed by atoms with Gasteiger partial charge in [0.2, 0.25) is 5.91 Å². The Bertz CT molecular complexity index is 269. The molecule has 0 radical (unpaired) electrons. The minimum Gasteiger partial charge on any atom is -0.353 e. The fraction of sp³-hybridized carbons (Fsp3) is 0.933. The first kappa shape index (κ1) is 14.8. The molecule has 0 bridgehead atoms. The fourth-order valence-corrected chi connectivity index (χ4v) is 3.39. The van der Waals surface area contributed by atoms with E-state index >= 15 is 0 Å². The fourth-order valence-electron chi connectivity index (χ4n) is 3.39.